The number of rotatable bonds is 7. The van der Waals surface area contributed by atoms with Crippen LogP contribution in [0.15, 0.2) is 16.9 Å². The quantitative estimate of drug-likeness (QED) is 0.412. The second-order valence-electron chi connectivity index (χ2n) is 11.3. The van der Waals surface area contributed by atoms with Crippen LogP contribution in [0.5, 0.6) is 0 Å². The Bertz CT molecular complexity index is 1210. The predicted molar refractivity (Wildman–Crippen MR) is 152 cm³/mol. The van der Waals surface area contributed by atoms with Gasteiger partial charge in [0.25, 0.3) is 0 Å². The molecule has 0 aromatic carbocycles. The van der Waals surface area contributed by atoms with E-state index < -0.39 is 16.7 Å². The Morgan fingerprint density at radius 1 is 1.07 bits per heavy atom. The van der Waals surface area contributed by atoms with E-state index >= 15 is 0 Å². The van der Waals surface area contributed by atoms with Gasteiger partial charge in [-0.2, -0.15) is 23.1 Å². The monoisotopic (exact) mass is 581 g/mol. The molecular weight excluding hydrogens is 539 g/mol. The first-order valence-electron chi connectivity index (χ1n) is 14.7. The summed E-state index contributed by atoms with van der Waals surface area (Å²) < 4.78 is 40.1. The van der Waals surface area contributed by atoms with Crippen LogP contribution >= 0.6 is 11.3 Å². The van der Waals surface area contributed by atoms with Crippen molar-refractivity contribution >= 4 is 23.1 Å². The number of carbonyl (C=O) groups is 1. The van der Waals surface area contributed by atoms with E-state index in [0.29, 0.717) is 78.3 Å². The Kier molecular flexibility index (Phi) is 9.75. The molecule has 3 heterocycles. The zero-order valence-corrected chi connectivity index (χ0v) is 24.9. The van der Waals surface area contributed by atoms with Gasteiger partial charge in [-0.05, 0) is 56.6 Å². The maximum Gasteiger partial charge on any atom is 0.425 e. The zero-order valence-electron chi connectivity index (χ0n) is 24.1. The van der Waals surface area contributed by atoms with E-state index in [2.05, 4.69) is 21.8 Å². The Balaban J connectivity index is 0.00000181. The van der Waals surface area contributed by atoms with Crippen LogP contribution in [-0.4, -0.2) is 57.9 Å². The third kappa shape index (κ3) is 6.78. The lowest BCUT2D eigenvalue weighted by Crippen LogP contribution is -2.52. The summed E-state index contributed by atoms with van der Waals surface area (Å²) in [5.41, 5.74) is -0.695. The molecule has 5 rings (SSSR count). The zero-order chi connectivity index (χ0) is 29.1. The molecule has 2 aromatic heterocycles. The first-order valence-corrected chi connectivity index (χ1v) is 15.5. The van der Waals surface area contributed by atoms with Crippen molar-refractivity contribution in [3.8, 4) is 0 Å². The summed E-state index contributed by atoms with van der Waals surface area (Å²) in [4.78, 5) is 38.8. The minimum Gasteiger partial charge on any atom is -0.338 e. The molecule has 40 heavy (non-hydrogen) atoms. The van der Waals surface area contributed by atoms with Crippen molar-refractivity contribution in [2.24, 2.45) is 17.3 Å². The largest absolute Gasteiger partial charge is 0.425 e. The molecule has 222 valence electrons. The Hall–Kier alpha value is -2.27. The average Bonchev–Trinajstić information content (AvgIpc) is 3.41. The van der Waals surface area contributed by atoms with Crippen LogP contribution in [-0.2, 0) is 17.5 Å². The van der Waals surface area contributed by atoms with Crippen LogP contribution < -0.4 is 10.6 Å². The van der Waals surface area contributed by atoms with Crippen LogP contribution in [0.4, 0.5) is 19.1 Å². The van der Waals surface area contributed by atoms with Gasteiger partial charge in [0.2, 0.25) is 5.95 Å². The molecule has 2 saturated carbocycles. The fourth-order valence-corrected chi connectivity index (χ4v) is 7.62. The lowest BCUT2D eigenvalue weighted by molar-refractivity contribution is -0.135. The highest BCUT2D eigenvalue weighted by Gasteiger charge is 2.45. The lowest BCUT2D eigenvalue weighted by Gasteiger charge is -2.47. The van der Waals surface area contributed by atoms with Gasteiger partial charge < -0.3 is 4.90 Å². The summed E-state index contributed by atoms with van der Waals surface area (Å²) in [5.74, 6) is 2.55. The summed E-state index contributed by atoms with van der Waals surface area (Å²) in [5, 5.41) is 0. The average molecular weight is 582 g/mol. The molecule has 11 heteroatoms. The highest BCUT2D eigenvalue weighted by atomic mass is 32.1. The molecule has 0 radical (unpaired) electrons. The minimum absolute atomic E-state index is 0.00246. The smallest absolute Gasteiger partial charge is 0.338 e. The molecule has 3 fully saturated rings. The fourth-order valence-electron chi connectivity index (χ4n) is 6.76. The van der Waals surface area contributed by atoms with Crippen LogP contribution in [0, 0.1) is 24.2 Å². The molecule has 2 aliphatic carbocycles. The van der Waals surface area contributed by atoms with Gasteiger partial charge in [-0.15, -0.1) is 11.3 Å². The van der Waals surface area contributed by atoms with Crippen molar-refractivity contribution < 1.29 is 18.0 Å². The number of anilines is 1. The third-order valence-electron chi connectivity index (χ3n) is 8.87. The number of hydrogen-bond donors (Lipinski definition) is 0. The summed E-state index contributed by atoms with van der Waals surface area (Å²) in [6, 6.07) is 2.41. The fraction of sp³-hybridized carbons (Fsp3) is 0.724. The van der Waals surface area contributed by atoms with Gasteiger partial charge in [-0.1, -0.05) is 40.0 Å². The molecule has 3 aliphatic rings. The van der Waals surface area contributed by atoms with Crippen molar-refractivity contribution in [2.75, 3.05) is 37.6 Å². The Labute approximate surface area is 238 Å². The number of halogens is 3. The number of aromatic nitrogens is 3. The Morgan fingerprint density at radius 3 is 2.27 bits per heavy atom. The number of alkyl halides is 3. The second kappa shape index (κ2) is 12.7. The summed E-state index contributed by atoms with van der Waals surface area (Å²) in [6.07, 6.45) is 3.76. The van der Waals surface area contributed by atoms with E-state index in [0.717, 1.165) is 25.3 Å². The maximum atomic E-state index is 13.5. The molecule has 2 unspecified atom stereocenters. The van der Waals surface area contributed by atoms with E-state index in [-0.39, 0.29) is 12.0 Å². The number of piperazine rings is 1. The van der Waals surface area contributed by atoms with Crippen LogP contribution in [0.2, 0.25) is 0 Å². The second-order valence-corrected chi connectivity index (χ2v) is 12.5. The number of Topliss-reactive ketones (excluding diaryl/α,β-unsaturated/α-hetero) is 1. The van der Waals surface area contributed by atoms with Gasteiger partial charge in [0.05, 0.1) is 13.1 Å². The first kappa shape index (κ1) is 30.7. The van der Waals surface area contributed by atoms with E-state index in [1.165, 1.54) is 36.3 Å². The van der Waals surface area contributed by atoms with Crippen LogP contribution in [0.1, 0.15) is 81.3 Å². The van der Waals surface area contributed by atoms with E-state index in [9.17, 15) is 22.8 Å². The number of thiophene rings is 1. The van der Waals surface area contributed by atoms with Crippen molar-refractivity contribution in [3.05, 3.63) is 38.2 Å². The number of hydrogen-bond acceptors (Lipinski definition) is 7. The molecule has 2 bridgehead atoms. The van der Waals surface area contributed by atoms with Crippen LogP contribution in [0.25, 0.3) is 0 Å². The van der Waals surface area contributed by atoms with Gasteiger partial charge in [-0.3, -0.25) is 14.3 Å². The highest BCUT2D eigenvalue weighted by Crippen LogP contribution is 2.51. The van der Waals surface area contributed by atoms with Gasteiger partial charge in [0.1, 0.15) is 10.7 Å². The maximum absolute atomic E-state index is 13.5. The first-order chi connectivity index (χ1) is 19.1. The number of fused-ring (bicyclic) bond motifs is 2. The molecule has 2 aromatic rings. The van der Waals surface area contributed by atoms with Crippen molar-refractivity contribution in [1.82, 2.24) is 19.4 Å². The summed E-state index contributed by atoms with van der Waals surface area (Å²) in [6.45, 7) is 10.9. The topological polar surface area (TPSA) is 71.3 Å². The number of nitrogens with zero attached hydrogens (tertiary/aromatic N) is 5. The van der Waals surface area contributed by atoms with Crippen molar-refractivity contribution in [1.29, 1.82) is 0 Å². The predicted octanol–water partition coefficient (Wildman–Crippen LogP) is 5.79. The summed E-state index contributed by atoms with van der Waals surface area (Å²) >= 11 is 0.622. The minimum atomic E-state index is -4.40. The van der Waals surface area contributed by atoms with Gasteiger partial charge in [0, 0.05) is 36.5 Å². The molecule has 0 N–H and O–H groups in total. The van der Waals surface area contributed by atoms with E-state index in [1.54, 1.807) is 6.92 Å². The molecule has 2 atom stereocenters. The molecule has 7 nitrogen and oxygen atoms in total. The third-order valence-corrected chi connectivity index (χ3v) is 9.99. The highest BCUT2D eigenvalue weighted by molar-refractivity contribution is 7.12. The lowest BCUT2D eigenvalue weighted by atomic mass is 9.58. The molecule has 0 amide bonds. The summed E-state index contributed by atoms with van der Waals surface area (Å²) in [7, 11) is 0. The van der Waals surface area contributed by atoms with E-state index in [4.69, 9.17) is 0 Å². The van der Waals surface area contributed by atoms with Gasteiger partial charge in [0.15, 0.2) is 5.78 Å². The SMILES string of the molecule is CC.CCC1(C(=O)CN2CCN(c3nc(C)n(Cc4ccc(C(F)(F)F)s4)c(=O)n3)CC2)CC2CCCC(C2)C1. The van der Waals surface area contributed by atoms with E-state index in [1.807, 2.05) is 18.7 Å². The standard InChI is InChI=1S/C27H36F3N5O2S.C2H6/c1-3-26(14-19-5-4-6-20(13-19)15-26)22(36)17-33-9-11-34(12-10-33)24-31-18(2)35(25(37)32-24)16-21-7-8-23(38-21)27(28,29)30;1-2/h7-8,19-20H,3-6,9-17H2,1-2H3;1-2H3. The molecular formula is C29H42F3N5O2S. The number of ketones is 1. The molecule has 0 spiro atoms. The van der Waals surface area contributed by atoms with Gasteiger partial charge in [-0.25, -0.2) is 4.79 Å². The van der Waals surface area contributed by atoms with Crippen molar-refractivity contribution in [3.63, 3.8) is 0 Å². The number of carbonyl (C=O) groups excluding carboxylic acids is 1. The normalized spacial score (nSPS) is 25.3. The molecule has 1 saturated heterocycles. The van der Waals surface area contributed by atoms with Crippen molar-refractivity contribution in [2.45, 2.75) is 85.4 Å². The Morgan fingerprint density at radius 2 is 1.73 bits per heavy atom. The molecule has 1 aliphatic heterocycles. The van der Waals surface area contributed by atoms with Gasteiger partial charge >= 0.3 is 11.9 Å². The number of aryl methyl sites for hydroxylation is 1. The van der Waals surface area contributed by atoms with Crippen LogP contribution in [0.3, 0.4) is 0 Å².